The lowest BCUT2D eigenvalue weighted by atomic mass is 9.95. The SMILES string of the molecule is O=[N+]([O-])c1cccc(-c2nc3ccccc3c3c2ccc2ccccc23)c1. The van der Waals surface area contributed by atoms with Gasteiger partial charge >= 0.3 is 0 Å². The maximum absolute atomic E-state index is 11.2. The predicted octanol–water partition coefficient (Wildman–Crippen LogP) is 6.12. The molecule has 1 heterocycles. The first-order valence-corrected chi connectivity index (χ1v) is 8.67. The van der Waals surface area contributed by atoms with Crippen LogP contribution in [0.2, 0.25) is 0 Å². The van der Waals surface area contributed by atoms with Crippen molar-refractivity contribution in [2.75, 3.05) is 0 Å². The second-order valence-electron chi connectivity index (χ2n) is 6.49. The van der Waals surface area contributed by atoms with Crippen LogP contribution in [-0.4, -0.2) is 9.91 Å². The molecule has 0 aliphatic heterocycles. The Bertz CT molecular complexity index is 1340. The number of non-ortho nitro benzene ring substituents is 1. The molecule has 4 heteroatoms. The molecule has 0 fully saturated rings. The van der Waals surface area contributed by atoms with Gasteiger partial charge in [-0.1, -0.05) is 66.7 Å². The van der Waals surface area contributed by atoms with Crippen molar-refractivity contribution in [1.82, 2.24) is 4.98 Å². The fourth-order valence-corrected chi connectivity index (χ4v) is 3.71. The summed E-state index contributed by atoms with van der Waals surface area (Å²) < 4.78 is 0. The Kier molecular flexibility index (Phi) is 3.37. The van der Waals surface area contributed by atoms with E-state index >= 15 is 0 Å². The van der Waals surface area contributed by atoms with Gasteiger partial charge in [0.1, 0.15) is 0 Å². The summed E-state index contributed by atoms with van der Waals surface area (Å²) in [5.74, 6) is 0. The summed E-state index contributed by atoms with van der Waals surface area (Å²) >= 11 is 0. The average molecular weight is 350 g/mol. The minimum absolute atomic E-state index is 0.0661. The number of nitro benzene ring substituents is 1. The molecule has 4 aromatic carbocycles. The van der Waals surface area contributed by atoms with Gasteiger partial charge in [-0.05, 0) is 16.8 Å². The van der Waals surface area contributed by atoms with Crippen molar-refractivity contribution in [2.24, 2.45) is 0 Å². The van der Waals surface area contributed by atoms with Gasteiger partial charge in [-0.15, -0.1) is 0 Å². The number of hydrogen-bond acceptors (Lipinski definition) is 3. The minimum Gasteiger partial charge on any atom is -0.258 e. The van der Waals surface area contributed by atoms with E-state index < -0.39 is 0 Å². The zero-order valence-electron chi connectivity index (χ0n) is 14.3. The second kappa shape index (κ2) is 5.88. The van der Waals surface area contributed by atoms with Crippen molar-refractivity contribution in [3.8, 4) is 11.3 Å². The molecule has 0 bridgehead atoms. The molecule has 128 valence electrons. The van der Waals surface area contributed by atoms with Crippen molar-refractivity contribution in [3.05, 3.63) is 95.0 Å². The van der Waals surface area contributed by atoms with Crippen LogP contribution >= 0.6 is 0 Å². The van der Waals surface area contributed by atoms with Gasteiger partial charge < -0.3 is 0 Å². The molecule has 0 saturated heterocycles. The summed E-state index contributed by atoms with van der Waals surface area (Å²) in [5, 5.41) is 16.7. The number of nitrogens with zero attached hydrogens (tertiary/aromatic N) is 2. The normalized spacial score (nSPS) is 11.3. The van der Waals surface area contributed by atoms with Crippen molar-refractivity contribution in [2.45, 2.75) is 0 Å². The summed E-state index contributed by atoms with van der Waals surface area (Å²) in [7, 11) is 0. The third-order valence-electron chi connectivity index (χ3n) is 4.92. The summed E-state index contributed by atoms with van der Waals surface area (Å²) in [6.07, 6.45) is 0. The molecule has 0 atom stereocenters. The summed E-state index contributed by atoms with van der Waals surface area (Å²) in [6.45, 7) is 0. The van der Waals surface area contributed by atoms with E-state index in [0.29, 0.717) is 0 Å². The molecular formula is C23H14N2O2. The molecule has 5 rings (SSSR count). The van der Waals surface area contributed by atoms with E-state index in [1.54, 1.807) is 12.1 Å². The summed E-state index contributed by atoms with van der Waals surface area (Å²) in [4.78, 5) is 15.7. The first-order chi connectivity index (χ1) is 13.2. The summed E-state index contributed by atoms with van der Waals surface area (Å²) in [5.41, 5.74) is 2.45. The molecule has 0 unspecified atom stereocenters. The highest BCUT2D eigenvalue weighted by Gasteiger charge is 2.14. The highest BCUT2D eigenvalue weighted by molar-refractivity contribution is 6.22. The van der Waals surface area contributed by atoms with Gasteiger partial charge in [0.2, 0.25) is 0 Å². The number of nitro groups is 1. The molecule has 27 heavy (non-hydrogen) atoms. The molecule has 0 aliphatic rings. The van der Waals surface area contributed by atoms with E-state index in [2.05, 4.69) is 30.3 Å². The van der Waals surface area contributed by atoms with Gasteiger partial charge in [-0.2, -0.15) is 0 Å². The largest absolute Gasteiger partial charge is 0.270 e. The fraction of sp³-hybridized carbons (Fsp3) is 0. The van der Waals surface area contributed by atoms with Gasteiger partial charge in [0, 0.05) is 33.9 Å². The predicted molar refractivity (Wildman–Crippen MR) is 109 cm³/mol. The van der Waals surface area contributed by atoms with Crippen LogP contribution in [0.15, 0.2) is 84.9 Å². The zero-order chi connectivity index (χ0) is 18.4. The van der Waals surface area contributed by atoms with E-state index in [-0.39, 0.29) is 10.6 Å². The lowest BCUT2D eigenvalue weighted by Gasteiger charge is -2.12. The van der Waals surface area contributed by atoms with Crippen LogP contribution in [0.25, 0.3) is 43.7 Å². The smallest absolute Gasteiger partial charge is 0.258 e. The van der Waals surface area contributed by atoms with Gasteiger partial charge in [0.25, 0.3) is 5.69 Å². The monoisotopic (exact) mass is 350 g/mol. The van der Waals surface area contributed by atoms with Crippen LogP contribution in [0.1, 0.15) is 0 Å². The molecule has 0 spiro atoms. The maximum atomic E-state index is 11.2. The number of benzene rings is 4. The third kappa shape index (κ3) is 2.42. The van der Waals surface area contributed by atoms with Crippen molar-refractivity contribution >= 4 is 38.1 Å². The van der Waals surface area contributed by atoms with E-state index in [4.69, 9.17) is 4.98 Å². The average Bonchev–Trinajstić information content (AvgIpc) is 2.72. The lowest BCUT2D eigenvalue weighted by Crippen LogP contribution is -1.92. The van der Waals surface area contributed by atoms with E-state index in [1.807, 2.05) is 36.4 Å². The second-order valence-corrected chi connectivity index (χ2v) is 6.49. The first-order valence-electron chi connectivity index (χ1n) is 8.67. The number of pyridine rings is 1. The number of para-hydroxylation sites is 1. The molecule has 0 N–H and O–H groups in total. The number of rotatable bonds is 2. The molecule has 0 amide bonds. The highest BCUT2D eigenvalue weighted by Crippen LogP contribution is 2.37. The van der Waals surface area contributed by atoms with Gasteiger partial charge in [0.05, 0.1) is 16.1 Å². The van der Waals surface area contributed by atoms with Gasteiger partial charge in [0.15, 0.2) is 0 Å². The van der Waals surface area contributed by atoms with Gasteiger partial charge in [-0.3, -0.25) is 10.1 Å². The molecule has 1 aromatic heterocycles. The lowest BCUT2D eigenvalue weighted by molar-refractivity contribution is -0.384. The van der Waals surface area contributed by atoms with E-state index in [9.17, 15) is 10.1 Å². The third-order valence-corrected chi connectivity index (χ3v) is 4.92. The van der Waals surface area contributed by atoms with Crippen LogP contribution in [0.4, 0.5) is 5.69 Å². The Hall–Kier alpha value is -3.79. The van der Waals surface area contributed by atoms with Crippen LogP contribution in [0.5, 0.6) is 0 Å². The topological polar surface area (TPSA) is 56.0 Å². The van der Waals surface area contributed by atoms with Crippen LogP contribution in [0, 0.1) is 10.1 Å². The minimum atomic E-state index is -0.373. The molecule has 4 nitrogen and oxygen atoms in total. The zero-order valence-corrected chi connectivity index (χ0v) is 14.3. The molecule has 0 radical (unpaired) electrons. The van der Waals surface area contributed by atoms with Crippen LogP contribution < -0.4 is 0 Å². The quantitative estimate of drug-likeness (QED) is 0.219. The van der Waals surface area contributed by atoms with Crippen LogP contribution in [0.3, 0.4) is 0 Å². The molecule has 0 aliphatic carbocycles. The van der Waals surface area contributed by atoms with Crippen molar-refractivity contribution in [3.63, 3.8) is 0 Å². The van der Waals surface area contributed by atoms with Crippen molar-refractivity contribution in [1.29, 1.82) is 0 Å². The molecular weight excluding hydrogens is 336 g/mol. The Morgan fingerprint density at radius 3 is 2.37 bits per heavy atom. The Labute approximate surface area is 154 Å². The number of aromatic nitrogens is 1. The summed E-state index contributed by atoms with van der Waals surface area (Å²) in [6, 6.07) is 27.1. The van der Waals surface area contributed by atoms with E-state index in [0.717, 1.165) is 43.7 Å². The number of hydrogen-bond donors (Lipinski definition) is 0. The molecule has 0 saturated carbocycles. The standard InChI is InChI=1S/C23H14N2O2/c26-25(27)17-8-5-7-16(14-17)23-20-13-12-15-6-1-2-9-18(15)22(20)19-10-3-4-11-21(19)24-23/h1-14H. The Morgan fingerprint density at radius 1 is 0.741 bits per heavy atom. The number of fused-ring (bicyclic) bond motifs is 5. The van der Waals surface area contributed by atoms with Crippen molar-refractivity contribution < 1.29 is 4.92 Å². The Balaban J connectivity index is 1.97. The van der Waals surface area contributed by atoms with Gasteiger partial charge in [-0.25, -0.2) is 4.98 Å². The Morgan fingerprint density at radius 2 is 1.52 bits per heavy atom. The van der Waals surface area contributed by atoms with E-state index in [1.165, 1.54) is 6.07 Å². The first kappa shape index (κ1) is 15.5. The molecule has 5 aromatic rings. The fourth-order valence-electron chi connectivity index (χ4n) is 3.71. The highest BCUT2D eigenvalue weighted by atomic mass is 16.6. The maximum Gasteiger partial charge on any atom is 0.270 e. The van der Waals surface area contributed by atoms with Crippen LogP contribution in [-0.2, 0) is 0 Å².